The van der Waals surface area contributed by atoms with Crippen molar-refractivity contribution in [3.8, 4) is 0 Å². The largest absolute Gasteiger partial charge is 0.456 e. The second kappa shape index (κ2) is 6.64. The first-order valence-electron chi connectivity index (χ1n) is 6.33. The number of fused-ring (bicyclic) bond motifs is 1. The number of thiophene rings is 1. The monoisotopic (exact) mass is 396 g/mol. The second-order valence-electron chi connectivity index (χ2n) is 4.43. The van der Waals surface area contributed by atoms with Crippen LogP contribution < -0.4 is 0 Å². The molecule has 0 saturated carbocycles. The quantitative estimate of drug-likeness (QED) is 0.478. The molecule has 0 fully saturated rings. The first-order chi connectivity index (χ1) is 10.6. The van der Waals surface area contributed by atoms with Gasteiger partial charge in [-0.25, -0.2) is 9.78 Å². The Morgan fingerprint density at radius 1 is 1.36 bits per heavy atom. The van der Waals surface area contributed by atoms with Crippen LogP contribution in [0, 0.1) is 0 Å². The molecule has 3 rings (SSSR count). The fourth-order valence-corrected chi connectivity index (χ4v) is 3.34. The average Bonchev–Trinajstić information content (AvgIpc) is 3.08. The number of hydrogen-bond acceptors (Lipinski definition) is 4. The lowest BCUT2D eigenvalue weighted by Crippen LogP contribution is -2.00. The molecule has 0 atom stereocenters. The van der Waals surface area contributed by atoms with Gasteiger partial charge in [0.1, 0.15) is 12.3 Å². The van der Waals surface area contributed by atoms with Crippen LogP contribution in [-0.2, 0) is 16.1 Å². The van der Waals surface area contributed by atoms with Crippen molar-refractivity contribution in [1.82, 2.24) is 9.38 Å². The lowest BCUT2D eigenvalue weighted by atomic mass is 10.4. The zero-order chi connectivity index (χ0) is 15.5. The average molecular weight is 398 g/mol. The Kier molecular flexibility index (Phi) is 4.61. The summed E-state index contributed by atoms with van der Waals surface area (Å²) in [6.45, 7) is 0.122. The van der Waals surface area contributed by atoms with Gasteiger partial charge in [0.25, 0.3) is 0 Å². The molecule has 0 spiro atoms. The van der Waals surface area contributed by atoms with E-state index in [1.54, 1.807) is 40.3 Å². The van der Waals surface area contributed by atoms with E-state index in [-0.39, 0.29) is 6.61 Å². The highest BCUT2D eigenvalue weighted by atomic mass is 79.9. The summed E-state index contributed by atoms with van der Waals surface area (Å²) in [7, 11) is 0. The van der Waals surface area contributed by atoms with E-state index >= 15 is 0 Å². The lowest BCUT2D eigenvalue weighted by molar-refractivity contribution is -0.139. The van der Waals surface area contributed by atoms with E-state index < -0.39 is 5.97 Å². The number of carbonyl (C=O) groups is 1. The molecule has 0 aliphatic rings. The van der Waals surface area contributed by atoms with Crippen LogP contribution in [-0.4, -0.2) is 15.4 Å². The summed E-state index contributed by atoms with van der Waals surface area (Å²) in [4.78, 5) is 17.0. The van der Waals surface area contributed by atoms with Gasteiger partial charge in [-0.05, 0) is 46.3 Å². The number of esters is 1. The Hall–Kier alpha value is -1.63. The number of aromatic nitrogens is 2. The molecule has 0 unspecified atom stereocenters. The summed E-state index contributed by atoms with van der Waals surface area (Å²) >= 11 is 10.8. The van der Waals surface area contributed by atoms with Gasteiger partial charge in [0, 0.05) is 23.3 Å². The summed E-state index contributed by atoms with van der Waals surface area (Å²) in [5.41, 5.74) is 1.43. The predicted octanol–water partition coefficient (Wildman–Crippen LogP) is 4.57. The maximum absolute atomic E-state index is 11.7. The molecule has 7 heteroatoms. The van der Waals surface area contributed by atoms with Crippen LogP contribution in [0.1, 0.15) is 10.6 Å². The highest BCUT2D eigenvalue weighted by Crippen LogP contribution is 2.23. The maximum atomic E-state index is 11.7. The third-order valence-corrected chi connectivity index (χ3v) is 4.62. The van der Waals surface area contributed by atoms with Crippen molar-refractivity contribution in [2.24, 2.45) is 0 Å². The minimum atomic E-state index is -0.403. The van der Waals surface area contributed by atoms with Crippen molar-refractivity contribution in [3.05, 3.63) is 62.1 Å². The maximum Gasteiger partial charge on any atom is 0.331 e. The lowest BCUT2D eigenvalue weighted by Gasteiger charge is -1.97. The number of pyridine rings is 1. The molecule has 0 aromatic carbocycles. The van der Waals surface area contributed by atoms with Crippen molar-refractivity contribution >= 4 is 56.6 Å². The molecule has 22 heavy (non-hydrogen) atoms. The normalized spacial score (nSPS) is 11.4. The van der Waals surface area contributed by atoms with E-state index in [0.29, 0.717) is 10.7 Å². The number of halogens is 2. The van der Waals surface area contributed by atoms with E-state index in [1.807, 2.05) is 18.2 Å². The van der Waals surface area contributed by atoms with Crippen molar-refractivity contribution in [3.63, 3.8) is 0 Å². The molecule has 3 aromatic rings. The van der Waals surface area contributed by atoms with Crippen LogP contribution in [0.3, 0.4) is 0 Å². The molecule has 0 radical (unpaired) electrons. The molecule has 3 heterocycles. The van der Waals surface area contributed by atoms with Crippen LogP contribution in [0.25, 0.3) is 11.7 Å². The van der Waals surface area contributed by atoms with Gasteiger partial charge >= 0.3 is 5.97 Å². The van der Waals surface area contributed by atoms with Gasteiger partial charge in [-0.2, -0.15) is 0 Å². The van der Waals surface area contributed by atoms with Gasteiger partial charge in [0.2, 0.25) is 0 Å². The predicted molar refractivity (Wildman–Crippen MR) is 91.1 cm³/mol. The minimum absolute atomic E-state index is 0.122. The van der Waals surface area contributed by atoms with Crippen molar-refractivity contribution in [1.29, 1.82) is 0 Å². The molecule has 0 amide bonds. The zero-order valence-electron chi connectivity index (χ0n) is 11.2. The number of imidazole rings is 1. The standard InChI is InChI=1S/C15H10BrClN2O2S/c16-13-4-2-12(22-13)3-6-15(20)21-9-11-8-19-7-10(17)1-5-14(19)18-11/h1-8H,9H2/b6-3+. The van der Waals surface area contributed by atoms with Crippen molar-refractivity contribution in [2.45, 2.75) is 6.61 Å². The van der Waals surface area contributed by atoms with Crippen LogP contribution in [0.4, 0.5) is 0 Å². The van der Waals surface area contributed by atoms with Gasteiger partial charge < -0.3 is 9.14 Å². The van der Waals surface area contributed by atoms with Gasteiger partial charge in [0.05, 0.1) is 14.5 Å². The van der Waals surface area contributed by atoms with Crippen molar-refractivity contribution < 1.29 is 9.53 Å². The zero-order valence-corrected chi connectivity index (χ0v) is 14.4. The highest BCUT2D eigenvalue weighted by molar-refractivity contribution is 9.11. The molecule has 3 aromatic heterocycles. The molecule has 0 aliphatic carbocycles. The van der Waals surface area contributed by atoms with Gasteiger partial charge in [-0.1, -0.05) is 11.6 Å². The minimum Gasteiger partial charge on any atom is -0.456 e. The Morgan fingerprint density at radius 2 is 2.23 bits per heavy atom. The number of hydrogen-bond donors (Lipinski definition) is 0. The van der Waals surface area contributed by atoms with Gasteiger partial charge in [-0.15, -0.1) is 11.3 Å². The third kappa shape index (κ3) is 3.76. The van der Waals surface area contributed by atoms with E-state index in [0.717, 1.165) is 14.3 Å². The molecule has 0 bridgehead atoms. The molecule has 112 valence electrons. The topological polar surface area (TPSA) is 43.6 Å². The first kappa shape index (κ1) is 15.3. The Bertz CT molecular complexity index is 856. The molecule has 4 nitrogen and oxygen atoms in total. The molecular weight excluding hydrogens is 388 g/mol. The van der Waals surface area contributed by atoms with Gasteiger partial charge in [-0.3, -0.25) is 0 Å². The van der Waals surface area contributed by atoms with Crippen LogP contribution in [0.2, 0.25) is 5.02 Å². The van der Waals surface area contributed by atoms with E-state index in [9.17, 15) is 4.79 Å². The summed E-state index contributed by atoms with van der Waals surface area (Å²) in [6, 6.07) is 7.42. The highest BCUT2D eigenvalue weighted by Gasteiger charge is 2.05. The third-order valence-electron chi connectivity index (χ3n) is 2.80. The second-order valence-corrected chi connectivity index (χ2v) is 7.36. The van der Waals surface area contributed by atoms with E-state index in [4.69, 9.17) is 16.3 Å². The van der Waals surface area contributed by atoms with Crippen molar-refractivity contribution in [2.75, 3.05) is 0 Å². The number of ether oxygens (including phenoxy) is 1. The number of rotatable bonds is 4. The summed E-state index contributed by atoms with van der Waals surface area (Å²) in [5.74, 6) is -0.403. The van der Waals surface area contributed by atoms with E-state index in [1.165, 1.54) is 6.08 Å². The first-order valence-corrected chi connectivity index (χ1v) is 8.32. The van der Waals surface area contributed by atoms with Crippen LogP contribution >= 0.6 is 38.9 Å². The van der Waals surface area contributed by atoms with E-state index in [2.05, 4.69) is 20.9 Å². The number of carbonyl (C=O) groups excluding carboxylic acids is 1. The molecule has 0 N–H and O–H groups in total. The Balaban J connectivity index is 1.61. The molecular formula is C15H10BrClN2O2S. The van der Waals surface area contributed by atoms with Crippen LogP contribution in [0.15, 0.2) is 46.5 Å². The Morgan fingerprint density at radius 3 is 3.00 bits per heavy atom. The summed E-state index contributed by atoms with van der Waals surface area (Å²) in [6.07, 6.45) is 6.67. The fraction of sp³-hybridized carbons (Fsp3) is 0.0667. The molecule has 0 aliphatic heterocycles. The molecule has 0 saturated heterocycles. The smallest absolute Gasteiger partial charge is 0.331 e. The summed E-state index contributed by atoms with van der Waals surface area (Å²) < 4.78 is 7.99. The SMILES string of the molecule is O=C(/C=C/c1ccc(Br)s1)OCc1cn2cc(Cl)ccc2n1. The van der Waals surface area contributed by atoms with Gasteiger partial charge in [0.15, 0.2) is 0 Å². The van der Waals surface area contributed by atoms with Crippen LogP contribution in [0.5, 0.6) is 0 Å². The Labute approximate surface area is 144 Å². The number of nitrogens with zero attached hydrogens (tertiary/aromatic N) is 2. The fourth-order valence-electron chi connectivity index (χ4n) is 1.85. The summed E-state index contributed by atoms with van der Waals surface area (Å²) in [5, 5.41) is 0.624.